The fourth-order valence-corrected chi connectivity index (χ4v) is 2.12. The summed E-state index contributed by atoms with van der Waals surface area (Å²) in [4.78, 5) is 0. The third kappa shape index (κ3) is 2.65. The minimum atomic E-state index is -4.36. The van der Waals surface area contributed by atoms with Crippen molar-refractivity contribution in [2.75, 3.05) is 5.73 Å². The number of hydrogen-bond donors (Lipinski definition) is 1. The van der Waals surface area contributed by atoms with Crippen LogP contribution in [0, 0.1) is 0 Å². The van der Waals surface area contributed by atoms with E-state index in [0.717, 1.165) is 0 Å². The highest BCUT2D eigenvalue weighted by molar-refractivity contribution is 9.10. The summed E-state index contributed by atoms with van der Waals surface area (Å²) in [7, 11) is 0. The van der Waals surface area contributed by atoms with Gasteiger partial charge in [-0.1, -0.05) is 29.8 Å². The number of hydrogen-bond acceptors (Lipinski definition) is 1. The van der Waals surface area contributed by atoms with Gasteiger partial charge in [-0.05, 0) is 23.6 Å². The summed E-state index contributed by atoms with van der Waals surface area (Å²) in [6.45, 7) is 3.41. The van der Waals surface area contributed by atoms with Crippen LogP contribution in [0.15, 0.2) is 16.6 Å². The summed E-state index contributed by atoms with van der Waals surface area (Å²) in [5.41, 5.74) is 5.43. The Balaban J connectivity index is 3.48. The minimum absolute atomic E-state index is 0.00120. The SMILES string of the molecule is CC(C)c1cc(N)cc(Br)c1C(F)(F)F. The number of halogens is 4. The number of benzene rings is 1. The van der Waals surface area contributed by atoms with Crippen LogP contribution < -0.4 is 5.73 Å². The lowest BCUT2D eigenvalue weighted by Gasteiger charge is -2.17. The van der Waals surface area contributed by atoms with Gasteiger partial charge in [0.15, 0.2) is 0 Å². The summed E-state index contributed by atoms with van der Waals surface area (Å²) < 4.78 is 38.2. The lowest BCUT2D eigenvalue weighted by molar-refractivity contribution is -0.138. The van der Waals surface area contributed by atoms with Crippen molar-refractivity contribution in [1.29, 1.82) is 0 Å². The minimum Gasteiger partial charge on any atom is -0.399 e. The van der Waals surface area contributed by atoms with Gasteiger partial charge in [0.1, 0.15) is 0 Å². The first-order valence-corrected chi connectivity index (χ1v) is 5.19. The Hall–Kier alpha value is -0.710. The molecule has 0 unspecified atom stereocenters. The molecule has 5 heteroatoms. The van der Waals surface area contributed by atoms with E-state index in [-0.39, 0.29) is 16.0 Å². The molecule has 0 saturated carbocycles. The van der Waals surface area contributed by atoms with Crippen LogP contribution in [0.25, 0.3) is 0 Å². The molecular formula is C10H11BrF3N. The van der Waals surface area contributed by atoms with Crippen LogP contribution >= 0.6 is 15.9 Å². The van der Waals surface area contributed by atoms with Crippen LogP contribution in [-0.4, -0.2) is 0 Å². The summed E-state index contributed by atoms with van der Waals surface area (Å²) in [6, 6.07) is 2.65. The average Bonchev–Trinajstić information content (AvgIpc) is 1.99. The third-order valence-corrected chi connectivity index (χ3v) is 2.67. The van der Waals surface area contributed by atoms with E-state index >= 15 is 0 Å². The Labute approximate surface area is 94.6 Å². The van der Waals surface area contributed by atoms with Crippen molar-refractivity contribution >= 4 is 21.6 Å². The van der Waals surface area contributed by atoms with E-state index in [2.05, 4.69) is 15.9 Å². The van der Waals surface area contributed by atoms with E-state index in [1.165, 1.54) is 12.1 Å². The van der Waals surface area contributed by atoms with E-state index in [9.17, 15) is 13.2 Å². The molecule has 0 bridgehead atoms. The average molecular weight is 282 g/mol. The molecule has 0 aliphatic carbocycles. The van der Waals surface area contributed by atoms with Crippen molar-refractivity contribution < 1.29 is 13.2 Å². The monoisotopic (exact) mass is 281 g/mol. The predicted octanol–water partition coefficient (Wildman–Crippen LogP) is 4.17. The lowest BCUT2D eigenvalue weighted by atomic mass is 9.96. The van der Waals surface area contributed by atoms with Gasteiger partial charge < -0.3 is 5.73 Å². The van der Waals surface area contributed by atoms with Crippen LogP contribution in [0.4, 0.5) is 18.9 Å². The Morgan fingerprint density at radius 1 is 1.27 bits per heavy atom. The van der Waals surface area contributed by atoms with Gasteiger partial charge in [0.05, 0.1) is 5.56 Å². The molecule has 2 N–H and O–H groups in total. The van der Waals surface area contributed by atoms with E-state index < -0.39 is 11.7 Å². The van der Waals surface area contributed by atoms with Crippen molar-refractivity contribution in [2.45, 2.75) is 25.9 Å². The Bertz CT molecular complexity index is 372. The van der Waals surface area contributed by atoms with Crippen LogP contribution in [0.3, 0.4) is 0 Å². The molecule has 15 heavy (non-hydrogen) atoms. The highest BCUT2D eigenvalue weighted by atomic mass is 79.9. The van der Waals surface area contributed by atoms with Crippen molar-refractivity contribution in [1.82, 2.24) is 0 Å². The van der Waals surface area contributed by atoms with Crippen molar-refractivity contribution in [3.05, 3.63) is 27.7 Å². The number of rotatable bonds is 1. The van der Waals surface area contributed by atoms with E-state index in [0.29, 0.717) is 5.69 Å². The van der Waals surface area contributed by atoms with Crippen molar-refractivity contribution in [3.63, 3.8) is 0 Å². The molecule has 0 heterocycles. The Morgan fingerprint density at radius 2 is 1.80 bits per heavy atom. The largest absolute Gasteiger partial charge is 0.417 e. The zero-order chi connectivity index (χ0) is 11.8. The third-order valence-electron chi connectivity index (χ3n) is 2.05. The second-order valence-electron chi connectivity index (χ2n) is 3.62. The molecule has 1 rings (SSSR count). The number of anilines is 1. The fraction of sp³-hybridized carbons (Fsp3) is 0.400. The molecule has 0 atom stereocenters. The van der Waals surface area contributed by atoms with Crippen molar-refractivity contribution in [2.24, 2.45) is 0 Å². The van der Waals surface area contributed by atoms with Gasteiger partial charge in [-0.2, -0.15) is 13.2 Å². The molecule has 1 nitrogen and oxygen atoms in total. The maximum atomic E-state index is 12.7. The van der Waals surface area contributed by atoms with E-state index in [1.807, 2.05) is 0 Å². The molecule has 0 aliphatic rings. The van der Waals surface area contributed by atoms with Gasteiger partial charge in [0.25, 0.3) is 0 Å². The molecule has 0 amide bonds. The van der Waals surface area contributed by atoms with E-state index in [1.54, 1.807) is 13.8 Å². The fourth-order valence-electron chi connectivity index (χ4n) is 1.40. The quantitative estimate of drug-likeness (QED) is 0.768. The highest BCUT2D eigenvalue weighted by Gasteiger charge is 2.36. The second-order valence-corrected chi connectivity index (χ2v) is 4.47. The zero-order valence-electron chi connectivity index (χ0n) is 8.32. The maximum absolute atomic E-state index is 12.7. The smallest absolute Gasteiger partial charge is 0.399 e. The normalized spacial score (nSPS) is 12.2. The predicted molar refractivity (Wildman–Crippen MR) is 57.6 cm³/mol. The van der Waals surface area contributed by atoms with E-state index in [4.69, 9.17) is 5.73 Å². The number of alkyl halides is 3. The molecule has 0 aliphatic heterocycles. The van der Waals surface area contributed by atoms with Gasteiger partial charge in [0, 0.05) is 10.2 Å². The van der Waals surface area contributed by atoms with Crippen molar-refractivity contribution in [3.8, 4) is 0 Å². The number of nitrogen functional groups attached to an aromatic ring is 1. The Morgan fingerprint density at radius 3 is 2.20 bits per heavy atom. The van der Waals surface area contributed by atoms with Crippen LogP contribution in [0.2, 0.25) is 0 Å². The molecule has 0 saturated heterocycles. The van der Waals surface area contributed by atoms with Crippen LogP contribution in [0.5, 0.6) is 0 Å². The molecule has 0 spiro atoms. The first-order valence-electron chi connectivity index (χ1n) is 4.39. The summed E-state index contributed by atoms with van der Waals surface area (Å²) in [5, 5.41) is 0. The topological polar surface area (TPSA) is 26.0 Å². The van der Waals surface area contributed by atoms with Gasteiger partial charge >= 0.3 is 6.18 Å². The van der Waals surface area contributed by atoms with Crippen LogP contribution in [-0.2, 0) is 6.18 Å². The molecular weight excluding hydrogens is 271 g/mol. The molecule has 1 aromatic carbocycles. The lowest BCUT2D eigenvalue weighted by Crippen LogP contribution is -2.12. The zero-order valence-corrected chi connectivity index (χ0v) is 9.91. The molecule has 1 aromatic rings. The molecule has 84 valence electrons. The molecule has 0 radical (unpaired) electrons. The highest BCUT2D eigenvalue weighted by Crippen LogP contribution is 2.41. The number of nitrogens with two attached hydrogens (primary N) is 1. The second kappa shape index (κ2) is 4.04. The first kappa shape index (κ1) is 12.4. The van der Waals surface area contributed by atoms with Gasteiger partial charge in [0.2, 0.25) is 0 Å². The standard InChI is InChI=1S/C10H11BrF3N/c1-5(2)7-3-6(15)4-8(11)9(7)10(12,13)14/h3-5H,15H2,1-2H3. The maximum Gasteiger partial charge on any atom is 0.417 e. The molecule has 0 aromatic heterocycles. The first-order chi connectivity index (χ1) is 6.73. The summed E-state index contributed by atoms with van der Waals surface area (Å²) >= 11 is 2.90. The molecule has 0 fully saturated rings. The summed E-state index contributed by atoms with van der Waals surface area (Å²) in [6.07, 6.45) is -4.36. The van der Waals surface area contributed by atoms with Gasteiger partial charge in [-0.25, -0.2) is 0 Å². The van der Waals surface area contributed by atoms with Gasteiger partial charge in [-0.3, -0.25) is 0 Å². The van der Waals surface area contributed by atoms with Gasteiger partial charge in [-0.15, -0.1) is 0 Å². The Kier molecular flexibility index (Phi) is 3.33. The summed E-state index contributed by atoms with van der Waals surface area (Å²) in [5.74, 6) is -0.221. The van der Waals surface area contributed by atoms with Crippen LogP contribution in [0.1, 0.15) is 30.9 Å².